The second-order valence-corrected chi connectivity index (χ2v) is 5.93. The molecule has 0 aliphatic rings. The molecule has 1 aromatic heterocycles. The van der Waals surface area contributed by atoms with E-state index in [2.05, 4.69) is 15.3 Å². The zero-order valence-corrected chi connectivity index (χ0v) is 14.6. The minimum absolute atomic E-state index is 0.141. The zero-order chi connectivity index (χ0) is 18.7. The highest BCUT2D eigenvalue weighted by atomic mass is 35.5. The van der Waals surface area contributed by atoms with Crippen LogP contribution in [0.4, 0.5) is 24.7 Å². The SMILES string of the molecule is Cc1nc(-c2ccccc2)nc(Nc2cccc(C(F)(F)F)c2)c1CCl. The van der Waals surface area contributed by atoms with Crippen molar-refractivity contribution in [2.75, 3.05) is 5.32 Å². The molecule has 0 fully saturated rings. The van der Waals surface area contributed by atoms with Gasteiger partial charge in [-0.2, -0.15) is 13.2 Å². The van der Waals surface area contributed by atoms with Gasteiger partial charge in [0, 0.05) is 22.5 Å². The molecule has 1 heterocycles. The fourth-order valence-corrected chi connectivity index (χ4v) is 2.81. The van der Waals surface area contributed by atoms with Crippen LogP contribution in [-0.2, 0) is 12.1 Å². The van der Waals surface area contributed by atoms with Gasteiger partial charge in [-0.25, -0.2) is 9.97 Å². The van der Waals surface area contributed by atoms with Gasteiger partial charge >= 0.3 is 6.18 Å². The van der Waals surface area contributed by atoms with Crippen molar-refractivity contribution in [3.8, 4) is 11.4 Å². The van der Waals surface area contributed by atoms with Gasteiger partial charge in [-0.05, 0) is 25.1 Å². The van der Waals surface area contributed by atoms with E-state index < -0.39 is 11.7 Å². The number of hydrogen-bond acceptors (Lipinski definition) is 3. The summed E-state index contributed by atoms with van der Waals surface area (Å²) in [5.74, 6) is 1.01. The molecular weight excluding hydrogens is 363 g/mol. The summed E-state index contributed by atoms with van der Waals surface area (Å²) in [5.41, 5.74) is 1.67. The highest BCUT2D eigenvalue weighted by molar-refractivity contribution is 6.17. The first kappa shape index (κ1) is 18.2. The maximum Gasteiger partial charge on any atom is 0.416 e. The van der Waals surface area contributed by atoms with Crippen LogP contribution in [0.1, 0.15) is 16.8 Å². The van der Waals surface area contributed by atoms with Gasteiger partial charge in [-0.3, -0.25) is 0 Å². The molecule has 3 aromatic rings. The molecule has 3 nitrogen and oxygen atoms in total. The van der Waals surface area contributed by atoms with Gasteiger partial charge in [0.05, 0.1) is 11.4 Å². The van der Waals surface area contributed by atoms with Crippen molar-refractivity contribution in [1.82, 2.24) is 9.97 Å². The molecule has 0 aliphatic heterocycles. The molecule has 26 heavy (non-hydrogen) atoms. The first-order valence-electron chi connectivity index (χ1n) is 7.81. The van der Waals surface area contributed by atoms with Crippen molar-refractivity contribution in [3.05, 3.63) is 71.4 Å². The molecule has 0 amide bonds. The molecule has 0 saturated heterocycles. The van der Waals surface area contributed by atoms with Crippen LogP contribution >= 0.6 is 11.6 Å². The van der Waals surface area contributed by atoms with Crippen molar-refractivity contribution in [3.63, 3.8) is 0 Å². The molecule has 0 spiro atoms. The van der Waals surface area contributed by atoms with E-state index in [0.29, 0.717) is 22.9 Å². The summed E-state index contributed by atoms with van der Waals surface area (Å²) in [6, 6.07) is 14.3. The van der Waals surface area contributed by atoms with E-state index in [1.807, 2.05) is 30.3 Å². The molecular formula is C19H15ClF3N3. The summed E-state index contributed by atoms with van der Waals surface area (Å²) in [6.45, 7) is 1.79. The van der Waals surface area contributed by atoms with E-state index in [1.54, 1.807) is 13.0 Å². The van der Waals surface area contributed by atoms with Crippen molar-refractivity contribution < 1.29 is 13.2 Å². The largest absolute Gasteiger partial charge is 0.416 e. The summed E-state index contributed by atoms with van der Waals surface area (Å²) in [4.78, 5) is 8.93. The number of alkyl halides is 4. The predicted molar refractivity (Wildman–Crippen MR) is 96.5 cm³/mol. The van der Waals surface area contributed by atoms with E-state index in [0.717, 1.165) is 17.7 Å². The van der Waals surface area contributed by atoms with Gasteiger partial charge in [0.25, 0.3) is 0 Å². The third kappa shape index (κ3) is 3.96. The topological polar surface area (TPSA) is 37.8 Å². The van der Waals surface area contributed by atoms with Crippen LogP contribution in [0.3, 0.4) is 0 Å². The van der Waals surface area contributed by atoms with E-state index in [-0.39, 0.29) is 11.6 Å². The number of aromatic nitrogens is 2. The van der Waals surface area contributed by atoms with E-state index in [1.165, 1.54) is 6.07 Å². The van der Waals surface area contributed by atoms with Crippen molar-refractivity contribution in [1.29, 1.82) is 0 Å². The van der Waals surface area contributed by atoms with Gasteiger partial charge in [-0.15, -0.1) is 11.6 Å². The number of benzene rings is 2. The number of rotatable bonds is 4. The third-order valence-electron chi connectivity index (χ3n) is 3.83. The molecule has 134 valence electrons. The summed E-state index contributed by atoms with van der Waals surface area (Å²) in [5, 5.41) is 2.95. The van der Waals surface area contributed by atoms with Gasteiger partial charge in [0.2, 0.25) is 0 Å². The van der Waals surface area contributed by atoms with Crippen molar-refractivity contribution >= 4 is 23.1 Å². The van der Waals surface area contributed by atoms with E-state index in [9.17, 15) is 13.2 Å². The average Bonchev–Trinajstić information content (AvgIpc) is 2.62. The number of hydrogen-bond donors (Lipinski definition) is 1. The standard InChI is InChI=1S/C19H15ClF3N3/c1-12-16(11-20)18(26-17(24-12)13-6-3-2-4-7-13)25-15-9-5-8-14(10-15)19(21,22)23/h2-10H,11H2,1H3,(H,24,25,26). The summed E-state index contributed by atoms with van der Waals surface area (Å²) < 4.78 is 38.8. The Labute approximate surface area is 153 Å². The Hall–Kier alpha value is -2.60. The van der Waals surface area contributed by atoms with E-state index >= 15 is 0 Å². The summed E-state index contributed by atoms with van der Waals surface area (Å²) >= 11 is 6.01. The molecule has 0 saturated carbocycles. The number of halogens is 4. The quantitative estimate of drug-likeness (QED) is 0.570. The molecule has 2 aromatic carbocycles. The number of aryl methyl sites for hydroxylation is 1. The van der Waals surface area contributed by atoms with Gasteiger partial charge < -0.3 is 5.32 Å². The Balaban J connectivity index is 2.03. The lowest BCUT2D eigenvalue weighted by Crippen LogP contribution is -2.07. The van der Waals surface area contributed by atoms with Gasteiger partial charge in [0.15, 0.2) is 5.82 Å². The van der Waals surface area contributed by atoms with Crippen LogP contribution in [0, 0.1) is 6.92 Å². The van der Waals surface area contributed by atoms with Crippen LogP contribution < -0.4 is 5.32 Å². The number of nitrogens with one attached hydrogen (secondary N) is 1. The Morgan fingerprint density at radius 2 is 1.73 bits per heavy atom. The smallest absolute Gasteiger partial charge is 0.340 e. The maximum atomic E-state index is 12.9. The Morgan fingerprint density at radius 3 is 2.38 bits per heavy atom. The molecule has 3 rings (SSSR count). The van der Waals surface area contributed by atoms with Crippen LogP contribution in [0.15, 0.2) is 54.6 Å². The molecule has 1 N–H and O–H groups in total. The minimum Gasteiger partial charge on any atom is -0.340 e. The highest BCUT2D eigenvalue weighted by Crippen LogP contribution is 2.32. The minimum atomic E-state index is -4.41. The zero-order valence-electron chi connectivity index (χ0n) is 13.8. The second kappa shape index (κ2) is 7.33. The number of nitrogens with zero attached hydrogens (tertiary/aromatic N) is 2. The molecule has 0 radical (unpaired) electrons. The predicted octanol–water partition coefficient (Wildman–Crippen LogP) is 5.95. The monoisotopic (exact) mass is 377 g/mol. The lowest BCUT2D eigenvalue weighted by Gasteiger charge is -2.15. The molecule has 0 aliphatic carbocycles. The Bertz CT molecular complexity index is 912. The summed E-state index contributed by atoms with van der Waals surface area (Å²) in [6.07, 6.45) is -4.41. The fraction of sp³-hybridized carbons (Fsp3) is 0.158. The third-order valence-corrected chi connectivity index (χ3v) is 4.10. The Kier molecular flexibility index (Phi) is 5.13. The normalized spacial score (nSPS) is 11.4. The number of anilines is 2. The maximum absolute atomic E-state index is 12.9. The molecule has 0 atom stereocenters. The lowest BCUT2D eigenvalue weighted by atomic mass is 10.1. The van der Waals surface area contributed by atoms with Crippen LogP contribution in [0.25, 0.3) is 11.4 Å². The van der Waals surface area contributed by atoms with Crippen molar-refractivity contribution in [2.45, 2.75) is 19.0 Å². The van der Waals surface area contributed by atoms with Gasteiger partial charge in [0.1, 0.15) is 5.82 Å². The second-order valence-electron chi connectivity index (χ2n) is 5.66. The van der Waals surface area contributed by atoms with Crippen molar-refractivity contribution in [2.24, 2.45) is 0 Å². The molecule has 0 unspecified atom stereocenters. The van der Waals surface area contributed by atoms with Crippen LogP contribution in [0.5, 0.6) is 0 Å². The lowest BCUT2D eigenvalue weighted by molar-refractivity contribution is -0.137. The molecule has 0 bridgehead atoms. The van der Waals surface area contributed by atoms with Gasteiger partial charge in [-0.1, -0.05) is 36.4 Å². The fourth-order valence-electron chi connectivity index (χ4n) is 2.49. The average molecular weight is 378 g/mol. The molecule has 7 heteroatoms. The summed E-state index contributed by atoms with van der Waals surface area (Å²) in [7, 11) is 0. The highest BCUT2D eigenvalue weighted by Gasteiger charge is 2.30. The van der Waals surface area contributed by atoms with Crippen LogP contribution in [-0.4, -0.2) is 9.97 Å². The van der Waals surface area contributed by atoms with E-state index in [4.69, 9.17) is 11.6 Å². The first-order valence-corrected chi connectivity index (χ1v) is 8.35. The van der Waals surface area contributed by atoms with Crippen LogP contribution in [0.2, 0.25) is 0 Å². The Morgan fingerprint density at radius 1 is 1.00 bits per heavy atom. The first-order chi connectivity index (χ1) is 12.4.